The van der Waals surface area contributed by atoms with Crippen molar-refractivity contribution in [2.45, 2.75) is 51.1 Å². The predicted octanol–water partition coefficient (Wildman–Crippen LogP) is 4.53. The average Bonchev–Trinajstić information content (AvgIpc) is 2.93. The number of carbonyl (C=O) groups is 1. The molecular formula is C24H28N2O4. The van der Waals surface area contributed by atoms with E-state index in [2.05, 4.69) is 12.1 Å². The van der Waals surface area contributed by atoms with Crippen molar-refractivity contribution in [3.8, 4) is 5.75 Å². The molecule has 30 heavy (non-hydrogen) atoms. The van der Waals surface area contributed by atoms with Gasteiger partial charge in [0.15, 0.2) is 5.58 Å². The minimum atomic E-state index is -0.366. The SMILES string of the molecule is COc1ccc([C@H]2CCCCCN2C(=O)CCCn2c(=O)oc3ccccc32)cc1. The molecule has 1 atom stereocenters. The van der Waals surface area contributed by atoms with Crippen LogP contribution in [-0.4, -0.2) is 29.0 Å². The Bertz CT molecular complexity index is 1050. The van der Waals surface area contributed by atoms with Crippen LogP contribution in [0, 0.1) is 0 Å². The van der Waals surface area contributed by atoms with Gasteiger partial charge >= 0.3 is 5.76 Å². The Labute approximate surface area is 176 Å². The molecule has 1 fully saturated rings. The van der Waals surface area contributed by atoms with Crippen molar-refractivity contribution in [3.63, 3.8) is 0 Å². The maximum atomic E-state index is 13.1. The van der Waals surface area contributed by atoms with Crippen LogP contribution in [0.2, 0.25) is 0 Å². The smallest absolute Gasteiger partial charge is 0.419 e. The van der Waals surface area contributed by atoms with Crippen LogP contribution in [0.1, 0.15) is 50.1 Å². The van der Waals surface area contributed by atoms with Gasteiger partial charge < -0.3 is 14.1 Å². The predicted molar refractivity (Wildman–Crippen MR) is 116 cm³/mol. The second-order valence-corrected chi connectivity index (χ2v) is 7.82. The van der Waals surface area contributed by atoms with Gasteiger partial charge in [0.1, 0.15) is 5.75 Å². The van der Waals surface area contributed by atoms with Gasteiger partial charge in [-0.25, -0.2) is 4.79 Å². The average molecular weight is 408 g/mol. The Balaban J connectivity index is 1.44. The third kappa shape index (κ3) is 4.27. The number of amides is 1. The molecular weight excluding hydrogens is 380 g/mol. The molecule has 1 amide bonds. The van der Waals surface area contributed by atoms with Crippen LogP contribution in [-0.2, 0) is 11.3 Å². The van der Waals surface area contributed by atoms with Crippen LogP contribution in [0.3, 0.4) is 0 Å². The quantitative estimate of drug-likeness (QED) is 0.601. The highest BCUT2D eigenvalue weighted by molar-refractivity contribution is 5.77. The van der Waals surface area contributed by atoms with E-state index in [4.69, 9.17) is 9.15 Å². The number of methoxy groups -OCH3 is 1. The molecule has 0 unspecified atom stereocenters. The zero-order valence-corrected chi connectivity index (χ0v) is 17.4. The highest BCUT2D eigenvalue weighted by Gasteiger charge is 2.26. The first kappa shape index (κ1) is 20.3. The summed E-state index contributed by atoms with van der Waals surface area (Å²) in [5.74, 6) is 0.608. The van der Waals surface area contributed by atoms with Gasteiger partial charge in [-0.1, -0.05) is 37.1 Å². The van der Waals surface area contributed by atoms with E-state index in [1.807, 2.05) is 35.2 Å². The van der Waals surface area contributed by atoms with Crippen molar-refractivity contribution < 1.29 is 13.9 Å². The number of nitrogens with zero attached hydrogens (tertiary/aromatic N) is 2. The Morgan fingerprint density at radius 1 is 1.10 bits per heavy atom. The number of aromatic nitrogens is 1. The monoisotopic (exact) mass is 408 g/mol. The molecule has 4 rings (SSSR count). The first-order valence-electron chi connectivity index (χ1n) is 10.7. The lowest BCUT2D eigenvalue weighted by Gasteiger charge is -2.31. The maximum Gasteiger partial charge on any atom is 0.419 e. The summed E-state index contributed by atoms with van der Waals surface area (Å²) in [6.07, 6.45) is 5.30. The van der Waals surface area contributed by atoms with E-state index in [9.17, 15) is 9.59 Å². The van der Waals surface area contributed by atoms with Crippen molar-refractivity contribution in [1.29, 1.82) is 0 Å². The number of rotatable bonds is 6. The number of hydrogen-bond acceptors (Lipinski definition) is 4. The molecule has 0 spiro atoms. The largest absolute Gasteiger partial charge is 0.497 e. The fourth-order valence-electron chi connectivity index (χ4n) is 4.34. The lowest BCUT2D eigenvalue weighted by Crippen LogP contribution is -2.34. The molecule has 1 saturated heterocycles. The molecule has 3 aromatic rings. The molecule has 0 aliphatic carbocycles. The Morgan fingerprint density at radius 2 is 1.90 bits per heavy atom. The standard InChI is InChI=1S/C24H28N2O4/c1-29-19-14-12-18(13-15-19)20-8-3-2-6-16-25(20)23(27)11-7-17-26-21-9-4-5-10-22(21)30-24(26)28/h4-5,9-10,12-15,20H,2-3,6-8,11,16-17H2,1H3/t20-/m1/s1. The van der Waals surface area contributed by atoms with Gasteiger partial charge in [-0.2, -0.15) is 0 Å². The van der Waals surface area contributed by atoms with Crippen LogP contribution in [0.5, 0.6) is 5.75 Å². The third-order valence-corrected chi connectivity index (χ3v) is 5.92. The molecule has 1 aliphatic rings. The molecule has 1 aliphatic heterocycles. The molecule has 2 heterocycles. The zero-order chi connectivity index (χ0) is 20.9. The first-order valence-corrected chi connectivity index (χ1v) is 10.7. The lowest BCUT2D eigenvalue weighted by molar-refractivity contribution is -0.133. The van der Waals surface area contributed by atoms with E-state index in [1.54, 1.807) is 17.7 Å². The van der Waals surface area contributed by atoms with Crippen molar-refractivity contribution in [2.24, 2.45) is 0 Å². The number of likely N-dealkylation sites (tertiary alicyclic amines) is 1. The summed E-state index contributed by atoms with van der Waals surface area (Å²) in [6.45, 7) is 1.26. The highest BCUT2D eigenvalue weighted by atomic mass is 16.5. The lowest BCUT2D eigenvalue weighted by atomic mass is 10.00. The van der Waals surface area contributed by atoms with Crippen LogP contribution < -0.4 is 10.5 Å². The number of benzene rings is 2. The van der Waals surface area contributed by atoms with E-state index in [-0.39, 0.29) is 17.7 Å². The summed E-state index contributed by atoms with van der Waals surface area (Å²) < 4.78 is 12.2. The summed E-state index contributed by atoms with van der Waals surface area (Å²) in [7, 11) is 1.66. The van der Waals surface area contributed by atoms with Crippen LogP contribution in [0.15, 0.2) is 57.7 Å². The van der Waals surface area contributed by atoms with Crippen molar-refractivity contribution in [2.75, 3.05) is 13.7 Å². The van der Waals surface area contributed by atoms with Crippen LogP contribution in [0.25, 0.3) is 11.1 Å². The van der Waals surface area contributed by atoms with E-state index >= 15 is 0 Å². The Kier molecular flexibility index (Phi) is 6.21. The number of fused-ring (bicyclic) bond motifs is 1. The topological polar surface area (TPSA) is 64.7 Å². The van der Waals surface area contributed by atoms with Gasteiger partial charge in [0.25, 0.3) is 0 Å². The van der Waals surface area contributed by atoms with E-state index < -0.39 is 0 Å². The number of hydrogen-bond donors (Lipinski definition) is 0. The molecule has 0 saturated carbocycles. The summed E-state index contributed by atoms with van der Waals surface area (Å²) in [4.78, 5) is 27.3. The summed E-state index contributed by atoms with van der Waals surface area (Å²) in [6, 6.07) is 15.5. The van der Waals surface area contributed by atoms with Crippen molar-refractivity contribution in [3.05, 3.63) is 64.6 Å². The number of carbonyl (C=O) groups excluding carboxylic acids is 1. The maximum absolute atomic E-state index is 13.1. The minimum Gasteiger partial charge on any atom is -0.497 e. The summed E-state index contributed by atoms with van der Waals surface area (Å²) in [5, 5.41) is 0. The Morgan fingerprint density at radius 3 is 2.70 bits per heavy atom. The molecule has 0 radical (unpaired) electrons. The van der Waals surface area contributed by atoms with E-state index in [0.29, 0.717) is 25.0 Å². The first-order chi connectivity index (χ1) is 14.7. The van der Waals surface area contributed by atoms with Crippen molar-refractivity contribution in [1.82, 2.24) is 9.47 Å². The third-order valence-electron chi connectivity index (χ3n) is 5.92. The second-order valence-electron chi connectivity index (χ2n) is 7.82. The van der Waals surface area contributed by atoms with Gasteiger partial charge in [-0.15, -0.1) is 0 Å². The molecule has 0 N–H and O–H groups in total. The minimum absolute atomic E-state index is 0.100. The van der Waals surface area contributed by atoms with Gasteiger partial charge in [-0.05, 0) is 49.1 Å². The van der Waals surface area contributed by atoms with E-state index in [1.165, 1.54) is 0 Å². The number of para-hydroxylation sites is 2. The van der Waals surface area contributed by atoms with Crippen molar-refractivity contribution >= 4 is 17.0 Å². The number of ether oxygens (including phenoxy) is 1. The second kappa shape index (κ2) is 9.20. The van der Waals surface area contributed by atoms with E-state index in [0.717, 1.165) is 49.1 Å². The molecule has 0 bridgehead atoms. The van der Waals surface area contributed by atoms with Gasteiger partial charge in [0, 0.05) is 19.5 Å². The van der Waals surface area contributed by atoms with Gasteiger partial charge in [0.2, 0.25) is 5.91 Å². The summed E-state index contributed by atoms with van der Waals surface area (Å²) in [5.41, 5.74) is 2.52. The molecule has 6 nitrogen and oxygen atoms in total. The van der Waals surface area contributed by atoms with Gasteiger partial charge in [-0.3, -0.25) is 9.36 Å². The molecule has 2 aromatic carbocycles. The number of aryl methyl sites for hydroxylation is 1. The Hall–Kier alpha value is -3.02. The molecule has 1 aromatic heterocycles. The molecule has 158 valence electrons. The normalized spacial score (nSPS) is 17.1. The highest BCUT2D eigenvalue weighted by Crippen LogP contribution is 2.31. The summed E-state index contributed by atoms with van der Waals surface area (Å²) >= 11 is 0. The van der Waals surface area contributed by atoms with Gasteiger partial charge in [0.05, 0.1) is 18.7 Å². The van der Waals surface area contributed by atoms with Crippen LogP contribution in [0.4, 0.5) is 0 Å². The number of oxazole rings is 1. The fraction of sp³-hybridized carbons (Fsp3) is 0.417. The van der Waals surface area contributed by atoms with Crippen LogP contribution >= 0.6 is 0 Å². The zero-order valence-electron chi connectivity index (χ0n) is 17.4. The fourth-order valence-corrected chi connectivity index (χ4v) is 4.34. The molecule has 6 heteroatoms.